The molecule has 0 bridgehead atoms. The molecule has 1 aliphatic rings. The van der Waals surface area contributed by atoms with E-state index in [-0.39, 0.29) is 12.0 Å². The van der Waals surface area contributed by atoms with Crippen LogP contribution in [0.2, 0.25) is 0 Å². The zero-order chi connectivity index (χ0) is 18.5. The zero-order valence-corrected chi connectivity index (χ0v) is 16.2. The highest BCUT2D eigenvalue weighted by Gasteiger charge is 2.23. The Balaban J connectivity index is 1.61. The van der Waals surface area contributed by atoms with E-state index in [9.17, 15) is 4.79 Å². The molecular formula is C20H20BrNO4. The van der Waals surface area contributed by atoms with Crippen molar-refractivity contribution in [2.24, 2.45) is 0 Å². The Morgan fingerprint density at radius 1 is 1.31 bits per heavy atom. The summed E-state index contributed by atoms with van der Waals surface area (Å²) < 4.78 is 17.8. The van der Waals surface area contributed by atoms with Crippen LogP contribution in [0.25, 0.3) is 6.08 Å². The van der Waals surface area contributed by atoms with Crippen molar-refractivity contribution < 1.29 is 19.0 Å². The number of amides is 1. The molecule has 0 fully saturated rings. The Bertz CT molecular complexity index is 821. The van der Waals surface area contributed by atoms with Gasteiger partial charge in [-0.05, 0) is 36.4 Å². The first kappa shape index (κ1) is 18.3. The second kappa shape index (κ2) is 8.27. The summed E-state index contributed by atoms with van der Waals surface area (Å²) in [5.41, 5.74) is 0.829. The largest absolute Gasteiger partial charge is 0.496 e. The Morgan fingerprint density at radius 2 is 2.08 bits per heavy atom. The number of para-hydroxylation sites is 2. The maximum Gasteiger partial charge on any atom is 0.246 e. The van der Waals surface area contributed by atoms with Crippen LogP contribution < -0.4 is 14.2 Å². The van der Waals surface area contributed by atoms with Gasteiger partial charge in [-0.25, -0.2) is 0 Å². The molecule has 0 spiro atoms. The van der Waals surface area contributed by atoms with Crippen LogP contribution in [0.1, 0.15) is 5.56 Å². The average molecular weight is 418 g/mol. The Morgan fingerprint density at radius 3 is 2.85 bits per heavy atom. The van der Waals surface area contributed by atoms with Crippen LogP contribution in [0.4, 0.5) is 0 Å². The molecular weight excluding hydrogens is 398 g/mol. The molecule has 1 heterocycles. The molecule has 1 unspecified atom stereocenters. The predicted octanol–water partition coefficient (Wildman–Crippen LogP) is 3.77. The number of fused-ring (bicyclic) bond motifs is 1. The molecule has 0 N–H and O–H groups in total. The molecule has 0 aliphatic carbocycles. The Kier molecular flexibility index (Phi) is 5.83. The van der Waals surface area contributed by atoms with Crippen molar-refractivity contribution >= 4 is 27.9 Å². The predicted molar refractivity (Wildman–Crippen MR) is 104 cm³/mol. The highest BCUT2D eigenvalue weighted by molar-refractivity contribution is 9.10. The molecule has 2 aromatic carbocycles. The molecule has 136 valence electrons. The van der Waals surface area contributed by atoms with E-state index >= 15 is 0 Å². The van der Waals surface area contributed by atoms with Crippen molar-refractivity contribution in [2.75, 3.05) is 27.3 Å². The second-order valence-electron chi connectivity index (χ2n) is 5.94. The van der Waals surface area contributed by atoms with Crippen molar-refractivity contribution in [1.82, 2.24) is 4.90 Å². The van der Waals surface area contributed by atoms with Crippen LogP contribution >= 0.6 is 15.9 Å². The lowest BCUT2D eigenvalue weighted by molar-refractivity contribution is -0.126. The van der Waals surface area contributed by atoms with Crippen molar-refractivity contribution in [2.45, 2.75) is 6.10 Å². The number of nitrogens with zero attached hydrogens (tertiary/aromatic N) is 1. The Hall–Kier alpha value is -2.47. The van der Waals surface area contributed by atoms with E-state index < -0.39 is 0 Å². The van der Waals surface area contributed by atoms with Gasteiger partial charge in [-0.2, -0.15) is 0 Å². The zero-order valence-electron chi connectivity index (χ0n) is 14.6. The second-order valence-corrected chi connectivity index (χ2v) is 6.85. The van der Waals surface area contributed by atoms with Crippen molar-refractivity contribution in [3.05, 3.63) is 58.6 Å². The lowest BCUT2D eigenvalue weighted by Gasteiger charge is -2.29. The smallest absolute Gasteiger partial charge is 0.246 e. The number of hydrogen-bond acceptors (Lipinski definition) is 4. The standard InChI is InChI=1S/C20H20BrNO4/c1-22(12-16-13-25-18-5-3-4-6-19(18)26-16)20(23)10-7-14-11-15(21)8-9-17(14)24-2/h3-11,16H,12-13H2,1-2H3/b10-7+. The molecule has 2 aromatic rings. The third-order valence-electron chi connectivity index (χ3n) is 4.02. The van der Waals surface area contributed by atoms with E-state index in [1.165, 1.54) is 6.08 Å². The first-order valence-corrected chi connectivity index (χ1v) is 9.01. The minimum atomic E-state index is -0.201. The molecule has 5 nitrogen and oxygen atoms in total. The monoisotopic (exact) mass is 417 g/mol. The lowest BCUT2D eigenvalue weighted by atomic mass is 10.2. The molecule has 6 heteroatoms. The van der Waals surface area contributed by atoms with Crippen LogP contribution in [0, 0.1) is 0 Å². The number of halogens is 1. The van der Waals surface area contributed by atoms with E-state index in [2.05, 4.69) is 15.9 Å². The summed E-state index contributed by atoms with van der Waals surface area (Å²) in [5, 5.41) is 0. The minimum absolute atomic E-state index is 0.116. The van der Waals surface area contributed by atoms with Gasteiger partial charge in [-0.3, -0.25) is 4.79 Å². The number of rotatable bonds is 5. The minimum Gasteiger partial charge on any atom is -0.496 e. The maximum absolute atomic E-state index is 12.4. The third kappa shape index (κ3) is 4.38. The fraction of sp³-hybridized carbons (Fsp3) is 0.250. The van der Waals surface area contributed by atoms with Gasteiger partial charge in [-0.1, -0.05) is 28.1 Å². The molecule has 1 atom stereocenters. The van der Waals surface area contributed by atoms with Crippen LogP contribution in [0.3, 0.4) is 0 Å². The van der Waals surface area contributed by atoms with Crippen LogP contribution in [0.5, 0.6) is 17.2 Å². The van der Waals surface area contributed by atoms with Crippen LogP contribution in [0.15, 0.2) is 53.0 Å². The van der Waals surface area contributed by atoms with Gasteiger partial charge in [0.25, 0.3) is 0 Å². The lowest BCUT2D eigenvalue weighted by Crippen LogP contribution is -2.41. The van der Waals surface area contributed by atoms with Crippen molar-refractivity contribution in [3.8, 4) is 17.2 Å². The van der Waals surface area contributed by atoms with Gasteiger partial charge in [0.1, 0.15) is 12.4 Å². The number of methoxy groups -OCH3 is 1. The summed E-state index contributed by atoms with van der Waals surface area (Å²) in [6, 6.07) is 13.2. The fourth-order valence-corrected chi connectivity index (χ4v) is 3.05. The number of carbonyl (C=O) groups is 1. The van der Waals surface area contributed by atoms with Crippen LogP contribution in [-0.4, -0.2) is 44.2 Å². The molecule has 0 saturated carbocycles. The van der Waals surface area contributed by atoms with Gasteiger partial charge in [0.2, 0.25) is 5.91 Å². The number of benzene rings is 2. The van der Waals surface area contributed by atoms with Crippen LogP contribution in [-0.2, 0) is 4.79 Å². The summed E-state index contributed by atoms with van der Waals surface area (Å²) in [5.74, 6) is 2.04. The first-order valence-electron chi connectivity index (χ1n) is 8.22. The first-order chi connectivity index (χ1) is 12.6. The molecule has 26 heavy (non-hydrogen) atoms. The van der Waals surface area contributed by atoms with Crippen molar-refractivity contribution in [1.29, 1.82) is 0 Å². The van der Waals surface area contributed by atoms with Gasteiger partial charge < -0.3 is 19.1 Å². The quantitative estimate of drug-likeness (QED) is 0.694. The number of likely N-dealkylation sites (N-methyl/N-ethyl adjacent to an activating group) is 1. The van der Waals surface area contributed by atoms with Gasteiger partial charge in [0.15, 0.2) is 17.6 Å². The fourth-order valence-electron chi connectivity index (χ4n) is 2.67. The summed E-state index contributed by atoms with van der Waals surface area (Å²) in [4.78, 5) is 14.0. The highest BCUT2D eigenvalue weighted by Crippen LogP contribution is 2.31. The molecule has 3 rings (SSSR count). The van der Waals surface area contributed by atoms with Crippen molar-refractivity contribution in [3.63, 3.8) is 0 Å². The average Bonchev–Trinajstić information content (AvgIpc) is 2.66. The maximum atomic E-state index is 12.4. The van der Waals surface area contributed by atoms with Gasteiger partial charge in [0.05, 0.1) is 13.7 Å². The van der Waals surface area contributed by atoms with Gasteiger partial charge >= 0.3 is 0 Å². The summed E-state index contributed by atoms with van der Waals surface area (Å²) in [7, 11) is 3.35. The topological polar surface area (TPSA) is 48.0 Å². The number of ether oxygens (including phenoxy) is 3. The normalized spacial score (nSPS) is 15.7. The summed E-state index contributed by atoms with van der Waals surface area (Å²) >= 11 is 3.43. The number of carbonyl (C=O) groups excluding carboxylic acids is 1. The third-order valence-corrected chi connectivity index (χ3v) is 4.51. The van der Waals surface area contributed by atoms with E-state index in [1.54, 1.807) is 25.1 Å². The molecule has 0 saturated heterocycles. The number of hydrogen-bond donors (Lipinski definition) is 0. The van der Waals surface area contributed by atoms with E-state index in [4.69, 9.17) is 14.2 Å². The Labute approximate surface area is 161 Å². The van der Waals surface area contributed by atoms with E-state index in [0.717, 1.165) is 15.8 Å². The molecule has 0 radical (unpaired) electrons. The molecule has 1 amide bonds. The summed E-state index contributed by atoms with van der Waals surface area (Å²) in [6.45, 7) is 0.852. The molecule has 1 aliphatic heterocycles. The van der Waals surface area contributed by atoms with Gasteiger partial charge in [0, 0.05) is 23.2 Å². The summed E-state index contributed by atoms with van der Waals surface area (Å²) in [6.07, 6.45) is 3.07. The van der Waals surface area contributed by atoms with E-state index in [0.29, 0.717) is 24.7 Å². The highest BCUT2D eigenvalue weighted by atomic mass is 79.9. The van der Waals surface area contributed by atoms with Gasteiger partial charge in [-0.15, -0.1) is 0 Å². The van der Waals surface area contributed by atoms with E-state index in [1.807, 2.05) is 42.5 Å². The molecule has 0 aromatic heterocycles. The SMILES string of the molecule is COc1ccc(Br)cc1/C=C/C(=O)N(C)CC1COc2ccccc2O1.